The number of aliphatic hydroxyl groups is 1. The molecule has 3 N–H and O–H groups in total. The molecule has 0 spiro atoms. The van der Waals surface area contributed by atoms with Crippen LogP contribution < -0.4 is 10.5 Å². The number of rotatable bonds is 3. The number of carbonyl (C=O) groups is 2. The minimum absolute atomic E-state index is 0.153. The summed E-state index contributed by atoms with van der Waals surface area (Å²) >= 11 is 0. The molecule has 2 aromatic heterocycles. The Hall–Kier alpha value is -4.66. The number of aromatic nitrogens is 2. The van der Waals surface area contributed by atoms with Crippen LogP contribution in [0.2, 0.25) is 0 Å². The van der Waals surface area contributed by atoms with E-state index in [1.165, 1.54) is 4.90 Å². The van der Waals surface area contributed by atoms with Crippen LogP contribution in [0.3, 0.4) is 0 Å². The molecule has 4 aromatic carbocycles. The van der Waals surface area contributed by atoms with Crippen molar-refractivity contribution >= 4 is 55.4 Å². The lowest BCUT2D eigenvalue weighted by atomic mass is 9.96. The Balaban J connectivity index is 1.44. The third-order valence-corrected chi connectivity index (χ3v) is 9.59. The number of carbonyl (C=O) groups excluding carboxylic acids is 2. The summed E-state index contributed by atoms with van der Waals surface area (Å²) in [5.74, 6) is 0.125. The topological polar surface area (TPSA) is 103 Å². The van der Waals surface area contributed by atoms with E-state index in [9.17, 15) is 14.7 Å². The number of hydrogen-bond donors (Lipinski definition) is 2. The van der Waals surface area contributed by atoms with Crippen LogP contribution >= 0.6 is 0 Å². The van der Waals surface area contributed by atoms with E-state index in [-0.39, 0.29) is 30.4 Å². The van der Waals surface area contributed by atoms with E-state index in [1.54, 1.807) is 7.11 Å². The second-order valence-electron chi connectivity index (χ2n) is 11.5. The zero-order valence-electron chi connectivity index (χ0n) is 22.2. The van der Waals surface area contributed by atoms with Gasteiger partial charge in [0.15, 0.2) is 0 Å². The summed E-state index contributed by atoms with van der Waals surface area (Å²) in [6.45, 7) is 0.158. The van der Waals surface area contributed by atoms with Gasteiger partial charge in [0.2, 0.25) is 0 Å². The molecule has 1 aliphatic carbocycles. The monoisotopic (exact) mass is 542 g/mol. The van der Waals surface area contributed by atoms with Crippen LogP contribution in [-0.2, 0) is 6.54 Å². The van der Waals surface area contributed by atoms with Crippen molar-refractivity contribution in [2.45, 2.75) is 37.2 Å². The van der Waals surface area contributed by atoms with E-state index < -0.39 is 12.1 Å². The Bertz CT molecular complexity index is 2010. The van der Waals surface area contributed by atoms with Crippen molar-refractivity contribution in [3.63, 3.8) is 0 Å². The molecule has 2 bridgehead atoms. The van der Waals surface area contributed by atoms with Crippen molar-refractivity contribution in [2.24, 2.45) is 5.73 Å². The molecule has 6 aromatic rings. The van der Waals surface area contributed by atoms with Gasteiger partial charge in [-0.25, -0.2) is 0 Å². The lowest BCUT2D eigenvalue weighted by Gasteiger charge is -2.25. The second-order valence-corrected chi connectivity index (χ2v) is 11.5. The van der Waals surface area contributed by atoms with Crippen molar-refractivity contribution in [1.29, 1.82) is 0 Å². The first-order chi connectivity index (χ1) is 20.0. The molecule has 41 heavy (non-hydrogen) atoms. The third-order valence-electron chi connectivity index (χ3n) is 9.59. The molecule has 4 heterocycles. The normalized spacial score (nSPS) is 23.0. The van der Waals surface area contributed by atoms with Gasteiger partial charge >= 0.3 is 0 Å². The van der Waals surface area contributed by atoms with Crippen molar-refractivity contribution in [1.82, 2.24) is 14.0 Å². The van der Waals surface area contributed by atoms with Crippen LogP contribution in [0.1, 0.15) is 44.8 Å². The number of fused-ring (bicyclic) bond motifs is 13. The quantitative estimate of drug-likeness (QED) is 0.310. The van der Waals surface area contributed by atoms with Gasteiger partial charge in [-0.15, -0.1) is 0 Å². The SMILES string of the molecule is COc1ccc(CN2C(=O)c3c(c4c5ccccc5n5c4c4c3c3ccccc3n4[C@@H]3C[C@H]5[C@H](N)[C@H]3O)C2=O)cc1. The zero-order valence-corrected chi connectivity index (χ0v) is 22.2. The van der Waals surface area contributed by atoms with E-state index >= 15 is 0 Å². The Morgan fingerprint density at radius 1 is 0.805 bits per heavy atom. The number of nitrogens with zero attached hydrogens (tertiary/aromatic N) is 3. The van der Waals surface area contributed by atoms with E-state index in [1.807, 2.05) is 66.7 Å². The molecule has 202 valence electrons. The molecule has 8 heteroatoms. The first kappa shape index (κ1) is 23.1. The highest BCUT2D eigenvalue weighted by atomic mass is 16.5. The van der Waals surface area contributed by atoms with Gasteiger partial charge in [-0.2, -0.15) is 0 Å². The smallest absolute Gasteiger partial charge is 0.262 e. The predicted molar refractivity (Wildman–Crippen MR) is 156 cm³/mol. The van der Waals surface area contributed by atoms with Gasteiger partial charge in [-0.1, -0.05) is 48.5 Å². The van der Waals surface area contributed by atoms with E-state index in [2.05, 4.69) is 15.2 Å². The van der Waals surface area contributed by atoms with Crippen LogP contribution in [0.25, 0.3) is 43.6 Å². The molecule has 1 saturated carbocycles. The van der Waals surface area contributed by atoms with Crippen LogP contribution in [0.4, 0.5) is 0 Å². The predicted octanol–water partition coefficient (Wildman–Crippen LogP) is 4.89. The number of hydrogen-bond acceptors (Lipinski definition) is 5. The number of amides is 2. The highest BCUT2D eigenvalue weighted by Gasteiger charge is 2.49. The first-order valence-corrected chi connectivity index (χ1v) is 13.9. The molecule has 9 rings (SSSR count). The standard InChI is InChI=1S/C33H26N4O4/c1-41-17-12-10-16(11-13-17)15-35-32(39)26-24-18-6-2-4-8-20(18)36-22-14-23(31(38)28(22)34)37-21-9-5-3-7-19(21)25(27(26)33(35)40)30(37)29(24)36/h2-13,22-23,28,31,38H,14-15,34H2,1H3/t22-,23+,28-,31-/m0/s1. The summed E-state index contributed by atoms with van der Waals surface area (Å²) in [4.78, 5) is 30.1. The number of ether oxygens (including phenoxy) is 1. The lowest BCUT2D eigenvalue weighted by Crippen LogP contribution is -2.39. The summed E-state index contributed by atoms with van der Waals surface area (Å²) in [5, 5.41) is 14.8. The Labute approximate surface area is 234 Å². The first-order valence-electron chi connectivity index (χ1n) is 13.9. The lowest BCUT2D eigenvalue weighted by molar-refractivity contribution is 0.0643. The molecule has 1 fully saturated rings. The maximum Gasteiger partial charge on any atom is 0.262 e. The second kappa shape index (κ2) is 7.75. The zero-order chi connectivity index (χ0) is 27.7. The molecule has 8 nitrogen and oxygen atoms in total. The molecule has 2 amide bonds. The van der Waals surface area contributed by atoms with E-state index in [4.69, 9.17) is 10.5 Å². The largest absolute Gasteiger partial charge is 0.497 e. The number of methoxy groups -OCH3 is 1. The van der Waals surface area contributed by atoms with Gasteiger partial charge in [0, 0.05) is 32.6 Å². The van der Waals surface area contributed by atoms with Crippen molar-refractivity contribution in [2.75, 3.05) is 7.11 Å². The van der Waals surface area contributed by atoms with Gasteiger partial charge in [-0.05, 0) is 36.2 Å². The van der Waals surface area contributed by atoms with Gasteiger partial charge in [0.05, 0.1) is 60.0 Å². The van der Waals surface area contributed by atoms with Crippen LogP contribution in [0, 0.1) is 0 Å². The van der Waals surface area contributed by atoms with E-state index in [0.29, 0.717) is 23.3 Å². The highest BCUT2D eigenvalue weighted by molar-refractivity contribution is 6.39. The minimum atomic E-state index is -0.750. The van der Waals surface area contributed by atoms with Crippen molar-refractivity contribution in [3.8, 4) is 5.75 Å². The van der Waals surface area contributed by atoms with Crippen molar-refractivity contribution < 1.29 is 19.4 Å². The molecule has 4 atom stereocenters. The summed E-state index contributed by atoms with van der Waals surface area (Å²) < 4.78 is 9.73. The highest BCUT2D eigenvalue weighted by Crippen LogP contribution is 2.54. The Morgan fingerprint density at radius 2 is 1.34 bits per heavy atom. The number of para-hydroxylation sites is 2. The number of aliphatic hydroxyl groups excluding tert-OH is 1. The average Bonchev–Trinajstić information content (AvgIpc) is 3.64. The fourth-order valence-corrected chi connectivity index (χ4v) is 7.85. The molecular weight excluding hydrogens is 516 g/mol. The number of nitrogens with two attached hydrogens (primary N) is 1. The summed E-state index contributed by atoms with van der Waals surface area (Å²) in [5.41, 5.74) is 12.2. The van der Waals surface area contributed by atoms with Crippen molar-refractivity contribution in [3.05, 3.63) is 89.5 Å². The third kappa shape index (κ3) is 2.67. The molecule has 2 aliphatic heterocycles. The molecule has 0 unspecified atom stereocenters. The maximum absolute atomic E-state index is 14.4. The molecule has 0 saturated heterocycles. The molecule has 0 radical (unpaired) electrons. The average molecular weight is 543 g/mol. The Kier molecular flexibility index (Phi) is 4.36. The number of benzene rings is 4. The fourth-order valence-electron chi connectivity index (χ4n) is 7.85. The minimum Gasteiger partial charge on any atom is -0.497 e. The van der Waals surface area contributed by atoms with Gasteiger partial charge in [0.25, 0.3) is 11.8 Å². The van der Waals surface area contributed by atoms with E-state index in [0.717, 1.165) is 49.2 Å². The van der Waals surface area contributed by atoms with Gasteiger partial charge in [0.1, 0.15) is 5.75 Å². The number of imide groups is 1. The fraction of sp³-hybridized carbons (Fsp3) is 0.212. The van der Waals surface area contributed by atoms with Crippen LogP contribution in [0.15, 0.2) is 72.8 Å². The summed E-state index contributed by atoms with van der Waals surface area (Å²) in [7, 11) is 1.61. The van der Waals surface area contributed by atoms with Gasteiger partial charge in [-0.3, -0.25) is 14.5 Å². The Morgan fingerprint density at radius 3 is 1.90 bits per heavy atom. The van der Waals surface area contributed by atoms with Gasteiger partial charge < -0.3 is 24.7 Å². The molecule has 3 aliphatic rings. The van der Waals surface area contributed by atoms with Crippen LogP contribution in [-0.4, -0.2) is 50.2 Å². The molecular formula is C33H26N4O4. The summed E-state index contributed by atoms with van der Waals surface area (Å²) in [6.07, 6.45) is -0.0881. The summed E-state index contributed by atoms with van der Waals surface area (Å²) in [6, 6.07) is 22.6. The van der Waals surface area contributed by atoms with Crippen LogP contribution in [0.5, 0.6) is 5.75 Å². The maximum atomic E-state index is 14.4.